The van der Waals surface area contributed by atoms with Gasteiger partial charge in [-0.3, -0.25) is 4.68 Å². The highest BCUT2D eigenvalue weighted by Gasteiger charge is 2.58. The summed E-state index contributed by atoms with van der Waals surface area (Å²) in [6.07, 6.45) is 1.37. The number of rotatable bonds is 1. The van der Waals surface area contributed by atoms with Crippen LogP contribution in [-0.4, -0.2) is 15.7 Å². The summed E-state index contributed by atoms with van der Waals surface area (Å²) in [5.74, 6) is -3.15. The van der Waals surface area contributed by atoms with Crippen molar-refractivity contribution in [3.05, 3.63) is 18.0 Å². The summed E-state index contributed by atoms with van der Waals surface area (Å²) in [5, 5.41) is 3.77. The van der Waals surface area contributed by atoms with Crippen LogP contribution in [-0.2, 0) is 7.05 Å². The first-order valence-electron chi connectivity index (χ1n) is 3.38. The maximum absolute atomic E-state index is 12.5. The Morgan fingerprint density at radius 1 is 1.82 bits per heavy atom. The predicted octanol–water partition coefficient (Wildman–Crippen LogP) is 1.34. The van der Waals surface area contributed by atoms with Gasteiger partial charge >= 0.3 is 0 Å². The number of nitrogens with zero attached hydrogens (tertiary/aromatic N) is 2. The van der Waals surface area contributed by atoms with E-state index >= 15 is 0 Å². The quantitative estimate of drug-likeness (QED) is 0.601. The third-order valence-corrected chi connectivity index (χ3v) is 1.95. The van der Waals surface area contributed by atoms with Crippen molar-refractivity contribution in [2.75, 3.05) is 0 Å². The zero-order valence-corrected chi connectivity index (χ0v) is 6.01. The average molecular weight is 157 g/mol. The molecule has 1 aliphatic rings. The minimum absolute atomic E-state index is 0.0525. The molecule has 0 bridgehead atoms. The fraction of sp³-hybridized carbons (Fsp3) is 0.571. The Labute approximate surface area is 62.8 Å². The van der Waals surface area contributed by atoms with E-state index in [1.807, 2.05) is 0 Å². The Bertz CT molecular complexity index is 280. The standard InChI is InChI=1S/C7H7F2N2/c1-11-6(2-3-10-11)5-4-7(5,8)9/h3,5H,4H2,1H3/t5-/m0/s1. The molecule has 1 fully saturated rings. The summed E-state index contributed by atoms with van der Waals surface area (Å²) < 4.78 is 26.4. The maximum atomic E-state index is 12.5. The molecule has 0 spiro atoms. The number of hydrogen-bond donors (Lipinski definition) is 0. The van der Waals surface area contributed by atoms with Crippen LogP contribution >= 0.6 is 0 Å². The highest BCUT2D eigenvalue weighted by molar-refractivity contribution is 5.20. The van der Waals surface area contributed by atoms with E-state index in [4.69, 9.17) is 0 Å². The van der Waals surface area contributed by atoms with E-state index in [1.165, 1.54) is 10.9 Å². The summed E-state index contributed by atoms with van der Waals surface area (Å²) in [4.78, 5) is 0. The molecule has 0 unspecified atom stereocenters. The monoisotopic (exact) mass is 157 g/mol. The molecule has 0 aliphatic heterocycles. The molecular weight excluding hydrogens is 150 g/mol. The van der Waals surface area contributed by atoms with Crippen molar-refractivity contribution in [3.63, 3.8) is 0 Å². The highest BCUT2D eigenvalue weighted by Crippen LogP contribution is 2.55. The molecule has 1 aromatic heterocycles. The van der Waals surface area contributed by atoms with Gasteiger partial charge in [-0.1, -0.05) is 0 Å². The lowest BCUT2D eigenvalue weighted by Gasteiger charge is -1.97. The Kier molecular flexibility index (Phi) is 1.11. The molecule has 1 atom stereocenters. The number of hydrogen-bond acceptors (Lipinski definition) is 1. The van der Waals surface area contributed by atoms with Crippen molar-refractivity contribution in [3.8, 4) is 0 Å². The van der Waals surface area contributed by atoms with Crippen molar-refractivity contribution in [2.45, 2.75) is 18.3 Å². The van der Waals surface area contributed by atoms with E-state index < -0.39 is 11.8 Å². The molecule has 0 N–H and O–H groups in total. The molecule has 1 saturated carbocycles. The van der Waals surface area contributed by atoms with Gasteiger partial charge in [-0.05, 0) is 0 Å². The number of halogens is 2. The average Bonchev–Trinajstić information content (AvgIpc) is 2.38. The lowest BCUT2D eigenvalue weighted by Crippen LogP contribution is -2.00. The smallest absolute Gasteiger partial charge is 0.257 e. The van der Waals surface area contributed by atoms with Crippen LogP contribution in [0, 0.1) is 6.07 Å². The van der Waals surface area contributed by atoms with Gasteiger partial charge in [0.15, 0.2) is 0 Å². The van der Waals surface area contributed by atoms with E-state index in [-0.39, 0.29) is 6.42 Å². The molecule has 4 heteroatoms. The molecule has 1 aromatic rings. The first-order chi connectivity index (χ1) is 5.11. The molecular formula is C7H7F2N2. The minimum atomic E-state index is -2.51. The van der Waals surface area contributed by atoms with E-state index in [2.05, 4.69) is 11.2 Å². The van der Waals surface area contributed by atoms with Gasteiger partial charge in [0.05, 0.1) is 17.8 Å². The third-order valence-electron chi connectivity index (χ3n) is 1.95. The molecule has 2 nitrogen and oxygen atoms in total. The van der Waals surface area contributed by atoms with Crippen LogP contribution in [0.25, 0.3) is 0 Å². The molecule has 2 rings (SSSR count). The van der Waals surface area contributed by atoms with E-state index in [9.17, 15) is 8.78 Å². The van der Waals surface area contributed by atoms with E-state index in [0.717, 1.165) is 0 Å². The van der Waals surface area contributed by atoms with Crippen LogP contribution in [0.2, 0.25) is 0 Å². The van der Waals surface area contributed by atoms with Crippen LogP contribution < -0.4 is 0 Å². The Balaban J connectivity index is 2.27. The summed E-state index contributed by atoms with van der Waals surface area (Å²) in [5.41, 5.74) is 0.509. The highest BCUT2D eigenvalue weighted by atomic mass is 19.3. The van der Waals surface area contributed by atoms with Gasteiger partial charge in [0.2, 0.25) is 0 Å². The molecule has 0 saturated heterocycles. The fourth-order valence-corrected chi connectivity index (χ4v) is 1.17. The van der Waals surface area contributed by atoms with Gasteiger partial charge in [-0.2, -0.15) is 5.10 Å². The van der Waals surface area contributed by atoms with Crippen LogP contribution in [0.3, 0.4) is 0 Å². The van der Waals surface area contributed by atoms with Crippen LogP contribution in [0.4, 0.5) is 8.78 Å². The summed E-state index contributed by atoms with van der Waals surface area (Å²) in [6, 6.07) is 2.69. The zero-order valence-electron chi connectivity index (χ0n) is 6.01. The second-order valence-corrected chi connectivity index (χ2v) is 2.82. The summed E-state index contributed by atoms with van der Waals surface area (Å²) >= 11 is 0. The van der Waals surface area contributed by atoms with Crippen molar-refractivity contribution in [1.29, 1.82) is 0 Å². The van der Waals surface area contributed by atoms with Crippen molar-refractivity contribution in [1.82, 2.24) is 9.78 Å². The molecule has 1 heterocycles. The minimum Gasteiger partial charge on any atom is -0.271 e. The number of aromatic nitrogens is 2. The normalized spacial score (nSPS) is 27.0. The lowest BCUT2D eigenvalue weighted by atomic mass is 10.3. The van der Waals surface area contributed by atoms with Gasteiger partial charge in [0.1, 0.15) is 0 Å². The molecule has 11 heavy (non-hydrogen) atoms. The first kappa shape index (κ1) is 6.76. The maximum Gasteiger partial charge on any atom is 0.257 e. The second-order valence-electron chi connectivity index (χ2n) is 2.82. The molecule has 1 radical (unpaired) electrons. The van der Waals surface area contributed by atoms with Crippen molar-refractivity contribution in [2.24, 2.45) is 7.05 Å². The largest absolute Gasteiger partial charge is 0.271 e. The van der Waals surface area contributed by atoms with Crippen LogP contribution in [0.5, 0.6) is 0 Å². The van der Waals surface area contributed by atoms with Gasteiger partial charge in [-0.25, -0.2) is 8.78 Å². The second kappa shape index (κ2) is 1.81. The topological polar surface area (TPSA) is 17.8 Å². The van der Waals surface area contributed by atoms with E-state index in [0.29, 0.717) is 5.69 Å². The van der Waals surface area contributed by atoms with Gasteiger partial charge in [0, 0.05) is 19.5 Å². The van der Waals surface area contributed by atoms with Gasteiger partial charge in [0.25, 0.3) is 5.92 Å². The fourth-order valence-electron chi connectivity index (χ4n) is 1.17. The van der Waals surface area contributed by atoms with Crippen LogP contribution in [0.15, 0.2) is 6.20 Å². The SMILES string of the molecule is Cn1nc[c]c1[C@@H]1CC1(F)F. The van der Waals surface area contributed by atoms with Crippen LogP contribution in [0.1, 0.15) is 18.0 Å². The Morgan fingerprint density at radius 3 is 2.82 bits per heavy atom. The third kappa shape index (κ3) is 0.931. The van der Waals surface area contributed by atoms with Crippen molar-refractivity contribution >= 4 is 0 Å². The summed E-state index contributed by atoms with van der Waals surface area (Å²) in [6.45, 7) is 0. The molecule has 0 amide bonds. The summed E-state index contributed by atoms with van der Waals surface area (Å²) in [7, 11) is 1.65. The molecule has 1 aliphatic carbocycles. The van der Waals surface area contributed by atoms with E-state index in [1.54, 1.807) is 7.05 Å². The van der Waals surface area contributed by atoms with Gasteiger partial charge < -0.3 is 0 Å². The number of aryl methyl sites for hydroxylation is 1. The molecule has 59 valence electrons. The zero-order chi connectivity index (χ0) is 8.06. The Morgan fingerprint density at radius 2 is 2.45 bits per heavy atom. The Hall–Kier alpha value is -0.930. The van der Waals surface area contributed by atoms with Crippen molar-refractivity contribution < 1.29 is 8.78 Å². The lowest BCUT2D eigenvalue weighted by molar-refractivity contribution is 0.111. The first-order valence-corrected chi connectivity index (χ1v) is 3.38. The van der Waals surface area contributed by atoms with Gasteiger partial charge in [-0.15, -0.1) is 0 Å². The predicted molar refractivity (Wildman–Crippen MR) is 34.3 cm³/mol. The number of alkyl halides is 2. The molecule has 0 aromatic carbocycles.